The van der Waals surface area contributed by atoms with E-state index < -0.39 is 39.2 Å². The summed E-state index contributed by atoms with van der Waals surface area (Å²) >= 11 is 0. The molecule has 6 unspecified atom stereocenters. The summed E-state index contributed by atoms with van der Waals surface area (Å²) in [5.41, 5.74) is 2.57. The Morgan fingerprint density at radius 2 is 1.38 bits per heavy atom. The molecular formula is C32H51NO6S. The highest BCUT2D eigenvalue weighted by Crippen LogP contribution is 2.62. The molecule has 1 aromatic rings. The highest BCUT2D eigenvalue weighted by atomic mass is 32.2. The molecule has 8 heteroatoms. The summed E-state index contributed by atoms with van der Waals surface area (Å²) in [5, 5.41) is 13.3. The monoisotopic (exact) mass is 577 g/mol. The molecular weight excluding hydrogens is 526 g/mol. The lowest BCUT2D eigenvalue weighted by Crippen LogP contribution is -2.54. The summed E-state index contributed by atoms with van der Waals surface area (Å²) in [6, 6.07) is 2.70. The molecule has 4 fully saturated rings. The topological polar surface area (TPSA) is 113 Å². The number of hydrogen-bond donors (Lipinski definition) is 3. The van der Waals surface area contributed by atoms with Crippen molar-refractivity contribution in [2.24, 2.45) is 29.6 Å². The molecule has 4 aliphatic carbocycles. The third kappa shape index (κ3) is 6.24. The Balaban J connectivity index is 1.88. The minimum absolute atomic E-state index is 0.0460. The van der Waals surface area contributed by atoms with Crippen LogP contribution in [0.3, 0.4) is 0 Å². The number of carbonyl (C=O) groups excluding carboxylic acids is 1. The Hall–Kier alpha value is -1.64. The first-order chi connectivity index (χ1) is 18.4. The minimum Gasteiger partial charge on any atom is -0.444 e. The summed E-state index contributed by atoms with van der Waals surface area (Å²) in [6.45, 7) is 17.6. The molecule has 0 aromatic heterocycles. The molecule has 1 amide bonds. The van der Waals surface area contributed by atoms with E-state index in [4.69, 9.17) is 4.74 Å². The van der Waals surface area contributed by atoms with Gasteiger partial charge < -0.3 is 15.2 Å². The Bertz CT molecular complexity index is 1200. The minimum atomic E-state index is -4.77. The van der Waals surface area contributed by atoms with Gasteiger partial charge in [-0.2, -0.15) is 8.42 Å². The molecule has 226 valence electrons. The first-order valence-corrected chi connectivity index (χ1v) is 16.7. The van der Waals surface area contributed by atoms with E-state index in [-0.39, 0.29) is 23.7 Å². The lowest BCUT2D eigenvalue weighted by molar-refractivity contribution is -0.000429. The van der Waals surface area contributed by atoms with Gasteiger partial charge in [0, 0.05) is 0 Å². The molecule has 4 aliphatic rings. The van der Waals surface area contributed by atoms with Gasteiger partial charge in [-0.15, -0.1) is 0 Å². The lowest BCUT2D eigenvalue weighted by atomic mass is 9.71. The van der Waals surface area contributed by atoms with Crippen molar-refractivity contribution < 1.29 is 27.6 Å². The van der Waals surface area contributed by atoms with E-state index in [2.05, 4.69) is 39.1 Å². The number of benzene rings is 1. The van der Waals surface area contributed by atoms with Crippen LogP contribution in [-0.2, 0) is 14.9 Å². The van der Waals surface area contributed by atoms with Gasteiger partial charge in [-0.1, -0.05) is 53.7 Å². The zero-order valence-electron chi connectivity index (χ0n) is 25.8. The largest absolute Gasteiger partial charge is 0.444 e. The van der Waals surface area contributed by atoms with E-state index in [1.54, 1.807) is 20.8 Å². The van der Waals surface area contributed by atoms with Crippen LogP contribution in [-0.4, -0.2) is 41.9 Å². The van der Waals surface area contributed by atoms with Crippen molar-refractivity contribution in [2.45, 2.75) is 129 Å². The van der Waals surface area contributed by atoms with Gasteiger partial charge in [0.05, 0.1) is 12.1 Å². The average Bonchev–Trinajstić information content (AvgIpc) is 3.21. The molecule has 7 nitrogen and oxygen atoms in total. The van der Waals surface area contributed by atoms with Crippen LogP contribution in [0.15, 0.2) is 12.1 Å². The second-order valence-corrected chi connectivity index (χ2v) is 16.3. The fourth-order valence-corrected chi connectivity index (χ4v) is 9.42. The zero-order chi connectivity index (χ0) is 29.9. The van der Waals surface area contributed by atoms with Crippen molar-refractivity contribution in [2.75, 3.05) is 0 Å². The van der Waals surface area contributed by atoms with Crippen LogP contribution in [0, 0.1) is 29.6 Å². The summed E-state index contributed by atoms with van der Waals surface area (Å²) in [7, 11) is -4.77. The lowest BCUT2D eigenvalue weighted by Gasteiger charge is -2.41. The Kier molecular flexibility index (Phi) is 8.78. The highest BCUT2D eigenvalue weighted by molar-refractivity contribution is 7.86. The van der Waals surface area contributed by atoms with E-state index >= 15 is 0 Å². The molecule has 0 heterocycles. The molecule has 5 rings (SSSR count). The Morgan fingerprint density at radius 3 is 1.85 bits per heavy atom. The molecule has 4 saturated carbocycles. The van der Waals surface area contributed by atoms with Crippen molar-refractivity contribution >= 4 is 16.2 Å². The molecule has 0 saturated heterocycles. The number of aliphatic hydroxyl groups is 1. The number of alkyl carbamates (subject to hydrolysis) is 1. The van der Waals surface area contributed by atoms with Gasteiger partial charge in [0.2, 0.25) is 0 Å². The van der Waals surface area contributed by atoms with Gasteiger partial charge in [0.15, 0.2) is 0 Å². The van der Waals surface area contributed by atoms with E-state index in [0.29, 0.717) is 29.2 Å². The van der Waals surface area contributed by atoms with Crippen LogP contribution in [0.1, 0.15) is 133 Å². The second kappa shape index (κ2) is 11.2. The predicted molar refractivity (Wildman–Crippen MR) is 158 cm³/mol. The second-order valence-electron chi connectivity index (χ2n) is 14.7. The standard InChI is InChI=1S/C32H51NO6S/c1-16(2)22-14-24(18(5)6)26(15-23(22)17(3)4)30(40(36,37)38)28(33-31(35)39-32(7,8)9)29(34)27-21-11-19-10-20(13-21)25(27)12-19/h14-21,25,27-30,34H,10-13H2,1-9H3,(H,33,35)(H,36,37,38)/t19?,20?,21?,25?,27?,28-,29+,30?/m1/s1. The smallest absolute Gasteiger partial charge is 0.408 e. The van der Waals surface area contributed by atoms with Crippen molar-refractivity contribution in [3.8, 4) is 0 Å². The number of aliphatic hydroxyl groups excluding tert-OH is 1. The molecule has 8 atom stereocenters. The fourth-order valence-electron chi connectivity index (χ4n) is 8.30. The number of nitrogens with one attached hydrogen (secondary N) is 1. The van der Waals surface area contributed by atoms with Gasteiger partial charge in [-0.3, -0.25) is 4.55 Å². The van der Waals surface area contributed by atoms with E-state index in [1.165, 1.54) is 6.42 Å². The van der Waals surface area contributed by atoms with Gasteiger partial charge >= 0.3 is 6.09 Å². The zero-order valence-corrected chi connectivity index (χ0v) is 26.6. The maximum atomic E-state index is 13.4. The van der Waals surface area contributed by atoms with Crippen LogP contribution in [0.2, 0.25) is 0 Å². The van der Waals surface area contributed by atoms with Gasteiger partial charge in [-0.05, 0) is 116 Å². The number of amides is 1. The molecule has 40 heavy (non-hydrogen) atoms. The normalized spacial score (nSPS) is 28.4. The number of rotatable bonds is 9. The summed E-state index contributed by atoms with van der Waals surface area (Å²) in [5.74, 6) is 1.98. The molecule has 4 bridgehead atoms. The summed E-state index contributed by atoms with van der Waals surface area (Å²) < 4.78 is 43.3. The molecule has 3 N–H and O–H groups in total. The summed E-state index contributed by atoms with van der Waals surface area (Å²) in [4.78, 5) is 13.2. The highest BCUT2D eigenvalue weighted by Gasteiger charge is 2.58. The molecule has 0 radical (unpaired) electrons. The maximum Gasteiger partial charge on any atom is 0.408 e. The van der Waals surface area contributed by atoms with Crippen LogP contribution < -0.4 is 5.32 Å². The quantitative estimate of drug-likeness (QED) is 0.275. The number of carbonyl (C=O) groups is 1. The first-order valence-electron chi connectivity index (χ1n) is 15.2. The van der Waals surface area contributed by atoms with Gasteiger partial charge in [-0.25, -0.2) is 4.79 Å². The van der Waals surface area contributed by atoms with E-state index in [0.717, 1.165) is 36.0 Å². The molecule has 0 aliphatic heterocycles. The van der Waals surface area contributed by atoms with Crippen molar-refractivity contribution in [1.29, 1.82) is 0 Å². The average molecular weight is 578 g/mol. The van der Waals surface area contributed by atoms with E-state index in [9.17, 15) is 22.9 Å². The Labute approximate surface area is 241 Å². The maximum absolute atomic E-state index is 13.4. The molecule has 1 aromatic carbocycles. The van der Waals surface area contributed by atoms with E-state index in [1.807, 2.05) is 19.9 Å². The van der Waals surface area contributed by atoms with Crippen LogP contribution >= 0.6 is 0 Å². The van der Waals surface area contributed by atoms with Crippen molar-refractivity contribution in [1.82, 2.24) is 5.32 Å². The molecule has 0 spiro atoms. The third-order valence-corrected chi connectivity index (χ3v) is 10.9. The first kappa shape index (κ1) is 31.3. The van der Waals surface area contributed by atoms with Crippen molar-refractivity contribution in [3.05, 3.63) is 34.4 Å². The van der Waals surface area contributed by atoms with Crippen LogP contribution in [0.4, 0.5) is 4.79 Å². The van der Waals surface area contributed by atoms with Gasteiger partial charge in [0.1, 0.15) is 10.9 Å². The van der Waals surface area contributed by atoms with Crippen LogP contribution in [0.5, 0.6) is 0 Å². The van der Waals surface area contributed by atoms with Crippen molar-refractivity contribution in [3.63, 3.8) is 0 Å². The number of ether oxygens (including phenoxy) is 1. The Morgan fingerprint density at radius 1 is 0.875 bits per heavy atom. The SMILES string of the molecule is CC(C)c1cc(C(C)C)c(C([C@H](NC(=O)OC(C)(C)C)[C@@H](O)C2C3CC4CC(C3)C2C4)S(=O)(=O)O)cc1C(C)C. The number of hydrogen-bond acceptors (Lipinski definition) is 5. The van der Waals surface area contributed by atoms with Gasteiger partial charge in [0.25, 0.3) is 10.1 Å². The third-order valence-electron chi connectivity index (χ3n) is 9.68. The summed E-state index contributed by atoms with van der Waals surface area (Å²) in [6.07, 6.45) is 2.33. The van der Waals surface area contributed by atoms with Crippen LogP contribution in [0.25, 0.3) is 0 Å². The fraction of sp³-hybridized carbons (Fsp3) is 0.781. The predicted octanol–water partition coefficient (Wildman–Crippen LogP) is 6.92.